The summed E-state index contributed by atoms with van der Waals surface area (Å²) >= 11 is 6.24. The summed E-state index contributed by atoms with van der Waals surface area (Å²) in [5, 5.41) is 4.23. The topological polar surface area (TPSA) is 142 Å². The Balaban J connectivity index is 1.95. The molecule has 1 aliphatic rings. The van der Waals surface area contributed by atoms with Crippen molar-refractivity contribution in [3.05, 3.63) is 41.0 Å². The van der Waals surface area contributed by atoms with E-state index in [1.165, 1.54) is 23.2 Å². The molecule has 172 valence electrons. The molecule has 0 saturated heterocycles. The molecule has 32 heavy (non-hydrogen) atoms. The number of carbonyl (C=O) groups excluding carboxylic acids is 3. The van der Waals surface area contributed by atoms with Crippen LogP contribution in [0.3, 0.4) is 0 Å². The standard InChI is InChI=1S/C20H23ClN4O6S/c1-3-18(26)25(17-9-10-24(23-17)20(28)31-19(22)27)15-6-4-5-13(15)12-7-8-16(14(21)11-12)32(2,29)30/h7-11,13,15H,3-6H2,1-2H3,(H2,22,27). The van der Waals surface area contributed by atoms with E-state index in [2.05, 4.69) is 9.84 Å². The number of aromatic nitrogens is 2. The molecule has 2 unspecified atom stereocenters. The van der Waals surface area contributed by atoms with Crippen LogP contribution >= 0.6 is 11.6 Å². The van der Waals surface area contributed by atoms with Gasteiger partial charge in [-0.25, -0.2) is 18.0 Å². The highest BCUT2D eigenvalue weighted by molar-refractivity contribution is 7.90. The highest BCUT2D eigenvalue weighted by Crippen LogP contribution is 2.41. The first kappa shape index (κ1) is 23.7. The number of carbonyl (C=O) groups is 3. The first-order chi connectivity index (χ1) is 15.0. The molecule has 1 aliphatic carbocycles. The first-order valence-electron chi connectivity index (χ1n) is 9.91. The lowest BCUT2D eigenvalue weighted by Crippen LogP contribution is -2.42. The highest BCUT2D eigenvalue weighted by Gasteiger charge is 2.37. The smallest absolute Gasteiger partial charge is 0.358 e. The van der Waals surface area contributed by atoms with Gasteiger partial charge >= 0.3 is 12.2 Å². The van der Waals surface area contributed by atoms with Gasteiger partial charge in [0.2, 0.25) is 5.91 Å². The number of nitrogens with two attached hydrogens (primary N) is 1. The van der Waals surface area contributed by atoms with Crippen molar-refractivity contribution >= 4 is 45.3 Å². The van der Waals surface area contributed by atoms with Gasteiger partial charge in [-0.05, 0) is 30.5 Å². The Bertz CT molecular complexity index is 1160. The van der Waals surface area contributed by atoms with E-state index in [0.29, 0.717) is 6.42 Å². The second kappa shape index (κ2) is 9.29. The van der Waals surface area contributed by atoms with Gasteiger partial charge in [0, 0.05) is 36.9 Å². The van der Waals surface area contributed by atoms with E-state index in [4.69, 9.17) is 17.3 Å². The number of nitrogens with zero attached hydrogens (tertiary/aromatic N) is 3. The predicted octanol–water partition coefficient (Wildman–Crippen LogP) is 3.08. The van der Waals surface area contributed by atoms with Crippen molar-refractivity contribution in [3.8, 4) is 0 Å². The average molecular weight is 483 g/mol. The average Bonchev–Trinajstić information content (AvgIpc) is 3.37. The van der Waals surface area contributed by atoms with Crippen molar-refractivity contribution in [2.75, 3.05) is 11.2 Å². The van der Waals surface area contributed by atoms with Crippen molar-refractivity contribution in [1.29, 1.82) is 0 Å². The van der Waals surface area contributed by atoms with Crippen LogP contribution in [0, 0.1) is 0 Å². The number of halogens is 1. The van der Waals surface area contributed by atoms with Crippen LogP contribution in [-0.4, -0.2) is 48.6 Å². The van der Waals surface area contributed by atoms with Crippen molar-refractivity contribution < 1.29 is 27.5 Å². The Morgan fingerprint density at radius 2 is 2.00 bits per heavy atom. The molecular formula is C20H23ClN4O6S. The summed E-state index contributed by atoms with van der Waals surface area (Å²) in [7, 11) is -3.46. The fraction of sp³-hybridized carbons (Fsp3) is 0.400. The molecule has 0 bridgehead atoms. The van der Waals surface area contributed by atoms with Crippen LogP contribution in [0.5, 0.6) is 0 Å². The summed E-state index contributed by atoms with van der Waals surface area (Å²) in [6, 6.07) is 6.01. The van der Waals surface area contributed by atoms with Gasteiger partial charge in [-0.2, -0.15) is 4.68 Å². The maximum Gasteiger partial charge on any atom is 0.443 e. The molecule has 2 N–H and O–H groups in total. The fourth-order valence-electron chi connectivity index (χ4n) is 4.02. The van der Waals surface area contributed by atoms with Gasteiger partial charge in [0.05, 0.1) is 9.92 Å². The lowest BCUT2D eigenvalue weighted by atomic mass is 9.93. The summed E-state index contributed by atoms with van der Waals surface area (Å²) in [5.41, 5.74) is 5.67. The van der Waals surface area contributed by atoms with Crippen LogP contribution in [-0.2, 0) is 19.4 Å². The molecule has 1 fully saturated rings. The Hall–Kier alpha value is -2.92. The Morgan fingerprint density at radius 3 is 2.59 bits per heavy atom. The molecule has 0 spiro atoms. The lowest BCUT2D eigenvalue weighted by Gasteiger charge is -2.32. The van der Waals surface area contributed by atoms with Crippen LogP contribution in [0.4, 0.5) is 15.4 Å². The van der Waals surface area contributed by atoms with Gasteiger partial charge in [-0.1, -0.05) is 31.0 Å². The molecule has 2 amide bonds. The summed E-state index contributed by atoms with van der Waals surface area (Å²) < 4.78 is 28.9. The summed E-state index contributed by atoms with van der Waals surface area (Å²) in [6.45, 7) is 1.72. The number of amides is 2. The SMILES string of the molecule is CCC(=O)N(c1ccn(C(=O)OC(N)=O)n1)C1CCCC1c1ccc(S(C)(=O)=O)c(Cl)c1. The van der Waals surface area contributed by atoms with Crippen LogP contribution in [0.1, 0.15) is 44.1 Å². The Kier molecular flexibility index (Phi) is 6.89. The Labute approximate surface area is 190 Å². The number of hydrogen-bond acceptors (Lipinski definition) is 7. The number of ether oxygens (including phenoxy) is 1. The molecular weight excluding hydrogens is 460 g/mol. The second-order valence-electron chi connectivity index (χ2n) is 7.49. The van der Waals surface area contributed by atoms with Crippen molar-refractivity contribution in [2.45, 2.75) is 49.5 Å². The summed E-state index contributed by atoms with van der Waals surface area (Å²) in [5.74, 6) is -0.0809. The largest absolute Gasteiger partial charge is 0.443 e. The Morgan fingerprint density at radius 1 is 1.28 bits per heavy atom. The molecule has 0 radical (unpaired) electrons. The number of sulfone groups is 1. The van der Waals surface area contributed by atoms with E-state index in [0.717, 1.165) is 29.3 Å². The number of primary amides is 1. The first-order valence-corrected chi connectivity index (χ1v) is 12.2. The summed E-state index contributed by atoms with van der Waals surface area (Å²) in [4.78, 5) is 37.2. The van der Waals surface area contributed by atoms with Gasteiger partial charge in [0.1, 0.15) is 0 Å². The molecule has 12 heteroatoms. The van der Waals surface area contributed by atoms with Crippen LogP contribution in [0.25, 0.3) is 0 Å². The van der Waals surface area contributed by atoms with Gasteiger partial charge in [-0.3, -0.25) is 9.69 Å². The van der Waals surface area contributed by atoms with E-state index in [1.807, 2.05) is 0 Å². The molecule has 3 rings (SSSR count). The quantitative estimate of drug-likeness (QED) is 0.645. The third kappa shape index (κ3) is 4.94. The van der Waals surface area contributed by atoms with Gasteiger partial charge in [0.15, 0.2) is 15.7 Å². The van der Waals surface area contributed by atoms with E-state index in [-0.39, 0.29) is 40.0 Å². The van der Waals surface area contributed by atoms with Gasteiger partial charge < -0.3 is 10.5 Å². The van der Waals surface area contributed by atoms with E-state index >= 15 is 0 Å². The molecule has 0 aliphatic heterocycles. The van der Waals surface area contributed by atoms with E-state index in [1.54, 1.807) is 19.1 Å². The van der Waals surface area contributed by atoms with Crippen molar-refractivity contribution in [3.63, 3.8) is 0 Å². The van der Waals surface area contributed by atoms with Crippen LogP contribution < -0.4 is 10.6 Å². The zero-order valence-corrected chi connectivity index (χ0v) is 19.1. The monoisotopic (exact) mass is 482 g/mol. The van der Waals surface area contributed by atoms with Crippen LogP contribution in [0.15, 0.2) is 35.4 Å². The predicted molar refractivity (Wildman–Crippen MR) is 116 cm³/mol. The number of rotatable bonds is 5. The minimum absolute atomic E-state index is 0.0469. The molecule has 2 atom stereocenters. The fourth-order valence-corrected chi connectivity index (χ4v) is 5.35. The molecule has 1 aromatic carbocycles. The lowest BCUT2D eigenvalue weighted by molar-refractivity contribution is -0.118. The molecule has 1 aromatic heterocycles. The highest BCUT2D eigenvalue weighted by atomic mass is 35.5. The summed E-state index contributed by atoms with van der Waals surface area (Å²) in [6.07, 6.45) is 2.50. The van der Waals surface area contributed by atoms with Crippen molar-refractivity contribution in [2.24, 2.45) is 5.73 Å². The zero-order valence-electron chi connectivity index (χ0n) is 17.5. The third-order valence-corrected chi connectivity index (χ3v) is 6.94. The van der Waals surface area contributed by atoms with Crippen molar-refractivity contribution in [1.82, 2.24) is 9.78 Å². The molecule has 1 saturated carbocycles. The minimum atomic E-state index is -3.46. The van der Waals surface area contributed by atoms with Gasteiger partial charge in [-0.15, -0.1) is 5.10 Å². The van der Waals surface area contributed by atoms with E-state index in [9.17, 15) is 22.8 Å². The number of benzene rings is 1. The minimum Gasteiger partial charge on any atom is -0.358 e. The molecule has 1 heterocycles. The molecule has 2 aromatic rings. The van der Waals surface area contributed by atoms with Crippen LogP contribution in [0.2, 0.25) is 5.02 Å². The number of anilines is 1. The molecule has 10 nitrogen and oxygen atoms in total. The normalized spacial score (nSPS) is 18.3. The zero-order chi connectivity index (χ0) is 23.6. The number of hydrogen-bond donors (Lipinski definition) is 1. The van der Waals surface area contributed by atoms with Gasteiger partial charge in [0.25, 0.3) is 0 Å². The maximum absolute atomic E-state index is 12.9. The van der Waals surface area contributed by atoms with E-state index < -0.39 is 22.0 Å². The second-order valence-corrected chi connectivity index (χ2v) is 9.88. The third-order valence-electron chi connectivity index (χ3n) is 5.36. The maximum atomic E-state index is 12.9.